The number of carbonyl (C=O) groups is 1. The average molecular weight is 562 g/mol. The van der Waals surface area contributed by atoms with Gasteiger partial charge in [-0.1, -0.05) is 68.1 Å². The normalized spacial score (nSPS) is 30.2. The molecular weight excluding hydrogens is 515 g/mol. The molecule has 1 fully saturated rings. The predicted octanol–water partition coefficient (Wildman–Crippen LogP) is 8.68. The van der Waals surface area contributed by atoms with Gasteiger partial charge in [-0.3, -0.25) is 4.79 Å². The Bertz CT molecular complexity index is 1110. The SMILES string of the molecule is CC(C)C1=CC2=CCC3[C@](C)(CCC[C@]3(C)C(=O)OC(CNC(C)(C)C)c3cc(Cl)c(N)c(Cl)c3)[C@@H]2CC1. The van der Waals surface area contributed by atoms with Crippen molar-refractivity contribution < 1.29 is 9.53 Å². The summed E-state index contributed by atoms with van der Waals surface area (Å²) in [5, 5.41) is 4.24. The second-order valence-corrected chi connectivity index (χ2v) is 14.5. The zero-order valence-electron chi connectivity index (χ0n) is 24.2. The van der Waals surface area contributed by atoms with Crippen molar-refractivity contribution in [1.29, 1.82) is 0 Å². The Kier molecular flexibility index (Phi) is 8.40. The maximum atomic E-state index is 14.2. The highest BCUT2D eigenvalue weighted by Crippen LogP contribution is 2.62. The summed E-state index contributed by atoms with van der Waals surface area (Å²) in [6.07, 6.45) is 10.7. The lowest BCUT2D eigenvalue weighted by atomic mass is 9.47. The summed E-state index contributed by atoms with van der Waals surface area (Å²) in [5.41, 5.74) is 9.53. The van der Waals surface area contributed by atoms with E-state index in [1.165, 1.54) is 12.0 Å². The van der Waals surface area contributed by atoms with Crippen molar-refractivity contribution >= 4 is 34.9 Å². The van der Waals surface area contributed by atoms with Crippen LogP contribution in [0, 0.1) is 28.6 Å². The molecule has 0 amide bonds. The molecule has 0 radical (unpaired) electrons. The van der Waals surface area contributed by atoms with Crippen LogP contribution in [-0.4, -0.2) is 18.1 Å². The second-order valence-electron chi connectivity index (χ2n) is 13.7. The van der Waals surface area contributed by atoms with Crippen LogP contribution in [0.15, 0.2) is 35.4 Å². The Hall–Kier alpha value is -1.49. The van der Waals surface area contributed by atoms with Crippen molar-refractivity contribution in [2.75, 3.05) is 12.3 Å². The molecule has 38 heavy (non-hydrogen) atoms. The Labute approximate surface area is 239 Å². The molecule has 0 saturated heterocycles. The molecule has 0 heterocycles. The zero-order chi connectivity index (χ0) is 28.0. The molecular formula is C32H46Cl2N2O2. The third-order valence-electron chi connectivity index (χ3n) is 9.59. The minimum absolute atomic E-state index is 0.0854. The number of hydrogen-bond acceptors (Lipinski definition) is 4. The molecule has 5 atom stereocenters. The number of hydrogen-bond donors (Lipinski definition) is 2. The van der Waals surface area contributed by atoms with Gasteiger partial charge in [0.1, 0.15) is 6.10 Å². The van der Waals surface area contributed by atoms with Crippen LogP contribution in [0.3, 0.4) is 0 Å². The number of anilines is 1. The van der Waals surface area contributed by atoms with Crippen molar-refractivity contribution in [2.24, 2.45) is 28.6 Å². The molecule has 0 aliphatic heterocycles. The van der Waals surface area contributed by atoms with E-state index in [0.717, 1.165) is 37.7 Å². The van der Waals surface area contributed by atoms with Crippen molar-refractivity contribution in [2.45, 2.75) is 98.6 Å². The quantitative estimate of drug-likeness (QED) is 0.269. The van der Waals surface area contributed by atoms with E-state index in [4.69, 9.17) is 33.7 Å². The number of benzene rings is 1. The number of allylic oxidation sites excluding steroid dienone is 4. The average Bonchev–Trinajstić information content (AvgIpc) is 2.83. The fraction of sp³-hybridized carbons (Fsp3) is 0.656. The van der Waals surface area contributed by atoms with Gasteiger partial charge in [-0.2, -0.15) is 0 Å². The van der Waals surface area contributed by atoms with E-state index in [2.05, 4.69) is 65.9 Å². The summed E-state index contributed by atoms with van der Waals surface area (Å²) in [5.74, 6) is 1.21. The number of nitrogens with one attached hydrogen (secondary N) is 1. The van der Waals surface area contributed by atoms with Gasteiger partial charge in [-0.25, -0.2) is 0 Å². The highest BCUT2D eigenvalue weighted by Gasteiger charge is 2.58. The van der Waals surface area contributed by atoms with Crippen molar-refractivity contribution in [3.63, 3.8) is 0 Å². The van der Waals surface area contributed by atoms with Gasteiger partial charge in [-0.15, -0.1) is 0 Å². The third kappa shape index (κ3) is 5.69. The second kappa shape index (κ2) is 10.8. The van der Waals surface area contributed by atoms with Crippen molar-refractivity contribution in [3.05, 3.63) is 51.0 Å². The van der Waals surface area contributed by atoms with E-state index in [9.17, 15) is 4.79 Å². The first-order chi connectivity index (χ1) is 17.7. The number of carbonyl (C=O) groups excluding carboxylic acids is 1. The van der Waals surface area contributed by atoms with Crippen LogP contribution in [0.4, 0.5) is 5.69 Å². The van der Waals surface area contributed by atoms with Gasteiger partial charge in [-0.05, 0) is 106 Å². The van der Waals surface area contributed by atoms with Crippen LogP contribution in [0.2, 0.25) is 10.0 Å². The Morgan fingerprint density at radius 1 is 1.18 bits per heavy atom. The Morgan fingerprint density at radius 2 is 1.84 bits per heavy atom. The van der Waals surface area contributed by atoms with Crippen LogP contribution in [0.1, 0.15) is 98.7 Å². The third-order valence-corrected chi connectivity index (χ3v) is 10.2. The lowest BCUT2D eigenvalue weighted by Crippen LogP contribution is -2.53. The molecule has 0 aromatic heterocycles. The summed E-state index contributed by atoms with van der Waals surface area (Å²) in [6, 6.07) is 3.54. The lowest BCUT2D eigenvalue weighted by Gasteiger charge is -2.57. The molecule has 3 N–H and O–H groups in total. The summed E-state index contributed by atoms with van der Waals surface area (Å²) >= 11 is 12.8. The first-order valence-electron chi connectivity index (χ1n) is 14.3. The Balaban J connectivity index is 1.64. The van der Waals surface area contributed by atoms with E-state index in [1.807, 2.05) is 0 Å². The van der Waals surface area contributed by atoms with Crippen LogP contribution in [-0.2, 0) is 9.53 Å². The number of fused-ring (bicyclic) bond motifs is 3. The molecule has 4 rings (SSSR count). The predicted molar refractivity (Wildman–Crippen MR) is 159 cm³/mol. The van der Waals surface area contributed by atoms with Crippen LogP contribution >= 0.6 is 23.2 Å². The number of esters is 1. The van der Waals surface area contributed by atoms with Crippen LogP contribution in [0.25, 0.3) is 0 Å². The summed E-state index contributed by atoms with van der Waals surface area (Å²) in [6.45, 7) is 15.9. The number of nitrogens with two attached hydrogens (primary N) is 1. The van der Waals surface area contributed by atoms with Crippen LogP contribution in [0.5, 0.6) is 0 Å². The fourth-order valence-corrected chi connectivity index (χ4v) is 7.77. The molecule has 4 nitrogen and oxygen atoms in total. The van der Waals surface area contributed by atoms with E-state index < -0.39 is 11.5 Å². The van der Waals surface area contributed by atoms with E-state index >= 15 is 0 Å². The maximum Gasteiger partial charge on any atom is 0.312 e. The van der Waals surface area contributed by atoms with Gasteiger partial charge in [0.25, 0.3) is 0 Å². The molecule has 1 aromatic rings. The molecule has 2 unspecified atom stereocenters. The lowest BCUT2D eigenvalue weighted by molar-refractivity contribution is -0.175. The minimum atomic E-state index is -0.557. The molecule has 1 aromatic carbocycles. The number of halogens is 2. The molecule has 3 aliphatic rings. The maximum absolute atomic E-state index is 14.2. The van der Waals surface area contributed by atoms with Gasteiger partial charge < -0.3 is 15.8 Å². The summed E-state index contributed by atoms with van der Waals surface area (Å²) in [7, 11) is 0. The first kappa shape index (κ1) is 29.5. The number of nitrogen functional groups attached to an aromatic ring is 1. The molecule has 6 heteroatoms. The standard InChI is InChI=1S/C32H46Cl2N2O2/c1-19(2)20-9-11-23-21(15-20)10-12-27-31(23,6)13-8-14-32(27,7)29(37)38-26(18-36-30(3,4)5)22-16-24(33)28(35)25(34)17-22/h10,15-17,19,23,26-27,36H,8-9,11-14,18,35H2,1-7H3/t23-,26?,27?,31-,32+/m1/s1. The largest absolute Gasteiger partial charge is 0.456 e. The highest BCUT2D eigenvalue weighted by atomic mass is 35.5. The van der Waals surface area contributed by atoms with Gasteiger partial charge in [0.05, 0.1) is 21.1 Å². The van der Waals surface area contributed by atoms with Gasteiger partial charge in [0.15, 0.2) is 0 Å². The van der Waals surface area contributed by atoms with Crippen molar-refractivity contribution in [1.82, 2.24) is 5.32 Å². The van der Waals surface area contributed by atoms with Gasteiger partial charge in [0, 0.05) is 12.1 Å². The summed E-state index contributed by atoms with van der Waals surface area (Å²) in [4.78, 5) is 14.2. The van der Waals surface area contributed by atoms with E-state index in [-0.39, 0.29) is 22.8 Å². The molecule has 0 spiro atoms. The molecule has 3 aliphatic carbocycles. The number of rotatable bonds is 6. The smallest absolute Gasteiger partial charge is 0.312 e. The molecule has 1 saturated carbocycles. The van der Waals surface area contributed by atoms with E-state index in [1.54, 1.807) is 17.7 Å². The monoisotopic (exact) mass is 560 g/mol. The zero-order valence-corrected chi connectivity index (χ0v) is 25.7. The summed E-state index contributed by atoms with van der Waals surface area (Å²) < 4.78 is 6.41. The van der Waals surface area contributed by atoms with Crippen molar-refractivity contribution in [3.8, 4) is 0 Å². The number of ether oxygens (including phenoxy) is 1. The fourth-order valence-electron chi connectivity index (χ4n) is 7.27. The minimum Gasteiger partial charge on any atom is -0.456 e. The van der Waals surface area contributed by atoms with E-state index in [0.29, 0.717) is 34.1 Å². The first-order valence-corrected chi connectivity index (χ1v) is 15.0. The highest BCUT2D eigenvalue weighted by molar-refractivity contribution is 6.38. The Morgan fingerprint density at radius 3 is 2.45 bits per heavy atom. The topological polar surface area (TPSA) is 64.3 Å². The van der Waals surface area contributed by atoms with Crippen LogP contribution < -0.4 is 11.1 Å². The molecule has 210 valence electrons. The molecule has 0 bridgehead atoms. The van der Waals surface area contributed by atoms with Gasteiger partial charge in [0.2, 0.25) is 0 Å². The van der Waals surface area contributed by atoms with Gasteiger partial charge >= 0.3 is 5.97 Å².